The zero-order chi connectivity index (χ0) is 20.1. The van der Waals surface area contributed by atoms with E-state index in [-0.39, 0.29) is 16.8 Å². The van der Waals surface area contributed by atoms with E-state index >= 15 is 0 Å². The van der Waals surface area contributed by atoms with Gasteiger partial charge in [-0.2, -0.15) is 4.31 Å². The minimum atomic E-state index is -3.47. The quantitative estimate of drug-likeness (QED) is 0.783. The Kier molecular flexibility index (Phi) is 6.99. The number of sulfonamides is 1. The van der Waals surface area contributed by atoms with Crippen LogP contribution in [0.25, 0.3) is 0 Å². The monoisotopic (exact) mass is 408 g/mol. The van der Waals surface area contributed by atoms with Gasteiger partial charge in [-0.3, -0.25) is 4.79 Å². The Hall–Kier alpha value is -1.60. The number of hydrogen-bond donors (Lipinski definition) is 1. The fourth-order valence-electron chi connectivity index (χ4n) is 3.89. The second-order valence-electron chi connectivity index (χ2n) is 8.16. The first-order valence-corrected chi connectivity index (χ1v) is 11.9. The molecule has 1 saturated carbocycles. The Labute approximate surface area is 168 Å². The van der Waals surface area contributed by atoms with E-state index in [4.69, 9.17) is 4.74 Å². The summed E-state index contributed by atoms with van der Waals surface area (Å²) in [5, 5.41) is 3.05. The number of nitrogens with zero attached hydrogens (tertiary/aromatic N) is 1. The fourth-order valence-corrected chi connectivity index (χ4v) is 5.36. The molecule has 1 amide bonds. The maximum Gasteiger partial charge on any atom is 0.260 e. The van der Waals surface area contributed by atoms with Crippen LogP contribution in [0.3, 0.4) is 0 Å². The lowest BCUT2D eigenvalue weighted by molar-refractivity contribution is -0.128. The van der Waals surface area contributed by atoms with Gasteiger partial charge in [0, 0.05) is 19.1 Å². The molecule has 0 bridgehead atoms. The third-order valence-corrected chi connectivity index (χ3v) is 7.75. The number of carbonyl (C=O) groups excluding carboxylic acids is 1. The van der Waals surface area contributed by atoms with Crippen molar-refractivity contribution in [2.75, 3.05) is 13.1 Å². The third kappa shape index (κ3) is 5.26. The summed E-state index contributed by atoms with van der Waals surface area (Å²) in [7, 11) is -3.47. The molecule has 3 rings (SSSR count). The van der Waals surface area contributed by atoms with Crippen molar-refractivity contribution in [1.29, 1.82) is 0 Å². The first-order valence-electron chi connectivity index (χ1n) is 10.4. The molecule has 1 aromatic carbocycles. The first kappa shape index (κ1) is 21.1. The average Bonchev–Trinajstić information content (AvgIpc) is 2.69. The topological polar surface area (TPSA) is 75.7 Å². The summed E-state index contributed by atoms with van der Waals surface area (Å²) >= 11 is 0. The number of nitrogens with one attached hydrogen (secondary N) is 1. The number of rotatable bonds is 6. The van der Waals surface area contributed by atoms with Crippen LogP contribution in [0.5, 0.6) is 5.75 Å². The molecule has 2 aliphatic rings. The Morgan fingerprint density at radius 2 is 1.68 bits per heavy atom. The van der Waals surface area contributed by atoms with Gasteiger partial charge in [0.05, 0.1) is 4.90 Å². The highest BCUT2D eigenvalue weighted by Gasteiger charge is 2.28. The lowest BCUT2D eigenvalue weighted by Gasteiger charge is -2.29. The van der Waals surface area contributed by atoms with Crippen LogP contribution >= 0.6 is 0 Å². The molecule has 7 heteroatoms. The van der Waals surface area contributed by atoms with Crippen molar-refractivity contribution in [2.45, 2.75) is 75.8 Å². The molecule has 1 heterocycles. The highest BCUT2D eigenvalue weighted by Crippen LogP contribution is 2.25. The van der Waals surface area contributed by atoms with Gasteiger partial charge in [-0.15, -0.1) is 0 Å². The zero-order valence-corrected chi connectivity index (χ0v) is 17.7. The molecule has 1 atom stereocenters. The van der Waals surface area contributed by atoms with Crippen molar-refractivity contribution < 1.29 is 17.9 Å². The number of amides is 1. The summed E-state index contributed by atoms with van der Waals surface area (Å²) in [4.78, 5) is 12.6. The van der Waals surface area contributed by atoms with Crippen LogP contribution in [-0.2, 0) is 14.8 Å². The van der Waals surface area contributed by atoms with Crippen LogP contribution in [0.4, 0.5) is 0 Å². The highest BCUT2D eigenvalue weighted by molar-refractivity contribution is 7.89. The van der Waals surface area contributed by atoms with E-state index in [1.807, 2.05) is 0 Å². The van der Waals surface area contributed by atoms with Gasteiger partial charge < -0.3 is 10.1 Å². The highest BCUT2D eigenvalue weighted by atomic mass is 32.2. The standard InChI is InChI=1S/C21H32N2O4S/c1-16-12-14-23(15-13-16)28(25,26)20-10-8-19(9-11-20)27-17(2)21(24)22-18-6-4-3-5-7-18/h8-11,16-18H,3-7,12-15H2,1-2H3,(H,22,24)/t17-/m0/s1. The largest absolute Gasteiger partial charge is 0.481 e. The van der Waals surface area contributed by atoms with Gasteiger partial charge in [-0.1, -0.05) is 26.2 Å². The Balaban J connectivity index is 1.56. The van der Waals surface area contributed by atoms with Gasteiger partial charge >= 0.3 is 0 Å². The van der Waals surface area contributed by atoms with E-state index in [9.17, 15) is 13.2 Å². The molecule has 1 aliphatic heterocycles. The van der Waals surface area contributed by atoms with Crippen LogP contribution in [0, 0.1) is 5.92 Å². The maximum absolute atomic E-state index is 12.8. The summed E-state index contributed by atoms with van der Waals surface area (Å²) in [5.41, 5.74) is 0. The molecule has 0 unspecified atom stereocenters. The number of carbonyl (C=O) groups is 1. The molecule has 0 radical (unpaired) electrons. The zero-order valence-electron chi connectivity index (χ0n) is 16.9. The molecule has 6 nitrogen and oxygen atoms in total. The number of hydrogen-bond acceptors (Lipinski definition) is 4. The average molecular weight is 409 g/mol. The minimum absolute atomic E-state index is 0.119. The molecular formula is C21H32N2O4S. The van der Waals surface area contributed by atoms with Gasteiger partial charge in [-0.25, -0.2) is 8.42 Å². The Morgan fingerprint density at radius 3 is 2.29 bits per heavy atom. The lowest BCUT2D eigenvalue weighted by atomic mass is 9.95. The van der Waals surface area contributed by atoms with Crippen molar-refractivity contribution >= 4 is 15.9 Å². The Morgan fingerprint density at radius 1 is 1.07 bits per heavy atom. The SMILES string of the molecule is CC1CCN(S(=O)(=O)c2ccc(O[C@@H](C)C(=O)NC3CCCCC3)cc2)CC1. The van der Waals surface area contributed by atoms with Gasteiger partial charge in [0.15, 0.2) is 6.10 Å². The number of benzene rings is 1. The smallest absolute Gasteiger partial charge is 0.260 e. The summed E-state index contributed by atoms with van der Waals surface area (Å²) < 4.78 is 32.8. The lowest BCUT2D eigenvalue weighted by Crippen LogP contribution is -2.43. The summed E-state index contributed by atoms with van der Waals surface area (Å²) in [6.07, 6.45) is 6.79. The Bertz CT molecular complexity index is 749. The second-order valence-corrected chi connectivity index (χ2v) is 10.1. The summed E-state index contributed by atoms with van der Waals surface area (Å²) in [6, 6.07) is 6.63. The second kappa shape index (κ2) is 9.27. The number of ether oxygens (including phenoxy) is 1. The van der Waals surface area contributed by atoms with E-state index in [1.54, 1.807) is 35.5 Å². The van der Waals surface area contributed by atoms with E-state index < -0.39 is 16.1 Å². The molecular weight excluding hydrogens is 376 g/mol. The van der Waals surface area contributed by atoms with Gasteiger partial charge in [0.2, 0.25) is 10.0 Å². The van der Waals surface area contributed by atoms with E-state index in [0.717, 1.165) is 38.5 Å². The predicted octanol–water partition coefficient (Wildman–Crippen LogP) is 3.32. The van der Waals surface area contributed by atoms with E-state index in [1.165, 1.54) is 6.42 Å². The van der Waals surface area contributed by atoms with Crippen LogP contribution < -0.4 is 10.1 Å². The normalized spacial score (nSPS) is 21.2. The van der Waals surface area contributed by atoms with Crippen molar-refractivity contribution in [1.82, 2.24) is 9.62 Å². The first-order chi connectivity index (χ1) is 13.4. The van der Waals surface area contributed by atoms with Crippen molar-refractivity contribution in [3.8, 4) is 5.75 Å². The molecule has 156 valence electrons. The van der Waals surface area contributed by atoms with Gasteiger partial charge in [0.25, 0.3) is 5.91 Å². The van der Waals surface area contributed by atoms with Crippen molar-refractivity contribution in [3.63, 3.8) is 0 Å². The molecule has 1 N–H and O–H groups in total. The molecule has 1 aromatic rings. The third-order valence-electron chi connectivity index (χ3n) is 5.84. The minimum Gasteiger partial charge on any atom is -0.481 e. The van der Waals surface area contributed by atoms with E-state index in [0.29, 0.717) is 24.8 Å². The van der Waals surface area contributed by atoms with Crippen LogP contribution in [-0.4, -0.2) is 43.9 Å². The van der Waals surface area contributed by atoms with Gasteiger partial charge in [0.1, 0.15) is 5.75 Å². The molecule has 1 aliphatic carbocycles. The number of piperidine rings is 1. The van der Waals surface area contributed by atoms with E-state index in [2.05, 4.69) is 12.2 Å². The summed E-state index contributed by atoms with van der Waals surface area (Å²) in [6.45, 7) is 5.01. The van der Waals surface area contributed by atoms with Crippen molar-refractivity contribution in [2.24, 2.45) is 5.92 Å². The molecule has 2 fully saturated rings. The fraction of sp³-hybridized carbons (Fsp3) is 0.667. The van der Waals surface area contributed by atoms with Crippen LogP contribution in [0.1, 0.15) is 58.8 Å². The predicted molar refractivity (Wildman–Crippen MR) is 109 cm³/mol. The maximum atomic E-state index is 12.8. The van der Waals surface area contributed by atoms with Crippen LogP contribution in [0.2, 0.25) is 0 Å². The van der Waals surface area contributed by atoms with Crippen molar-refractivity contribution in [3.05, 3.63) is 24.3 Å². The molecule has 1 saturated heterocycles. The molecule has 28 heavy (non-hydrogen) atoms. The van der Waals surface area contributed by atoms with Crippen LogP contribution in [0.15, 0.2) is 29.2 Å². The molecule has 0 aromatic heterocycles. The summed E-state index contributed by atoms with van der Waals surface area (Å²) in [5.74, 6) is 0.951. The molecule has 0 spiro atoms. The van der Waals surface area contributed by atoms with Gasteiger partial charge in [-0.05, 0) is 62.8 Å².